The quantitative estimate of drug-likeness (QED) is 0.818. The van der Waals surface area contributed by atoms with Crippen molar-refractivity contribution in [3.63, 3.8) is 0 Å². The fourth-order valence-corrected chi connectivity index (χ4v) is 4.12. The van der Waals surface area contributed by atoms with Gasteiger partial charge in [0, 0.05) is 17.6 Å². The minimum Gasteiger partial charge on any atom is -0.478 e. The molecule has 5 nitrogen and oxygen atoms in total. The number of rotatable bonds is 3. The first-order chi connectivity index (χ1) is 9.34. The molecule has 1 heterocycles. The van der Waals surface area contributed by atoms with Crippen molar-refractivity contribution in [2.24, 2.45) is 0 Å². The van der Waals surface area contributed by atoms with E-state index in [0.717, 1.165) is 6.07 Å². The average molecular weight is 381 g/mol. The third-order valence-electron chi connectivity index (χ3n) is 2.89. The third-order valence-corrected chi connectivity index (χ3v) is 5.99. The number of benzene rings is 1. The summed E-state index contributed by atoms with van der Waals surface area (Å²) in [6.07, 6.45) is 4.32. The van der Waals surface area contributed by atoms with E-state index in [1.807, 2.05) is 6.08 Å². The van der Waals surface area contributed by atoms with E-state index in [0.29, 0.717) is 13.0 Å². The number of carbonyl (C=O) groups is 1. The number of sulfonamides is 1. The van der Waals surface area contributed by atoms with Crippen LogP contribution in [0.4, 0.5) is 0 Å². The highest BCUT2D eigenvalue weighted by Gasteiger charge is 2.27. The van der Waals surface area contributed by atoms with E-state index in [9.17, 15) is 13.2 Å². The SMILES string of the molecule is O=C(O)c1cc(S(=O)(=O)N2CC=CCC2)cc(Br)c1Cl. The molecule has 0 bridgehead atoms. The molecule has 8 heteroatoms. The molecule has 1 aliphatic rings. The first kappa shape index (κ1) is 15.5. The molecule has 1 aromatic rings. The van der Waals surface area contributed by atoms with Gasteiger partial charge in [-0.3, -0.25) is 0 Å². The zero-order valence-electron chi connectivity index (χ0n) is 10.2. The van der Waals surface area contributed by atoms with Crippen molar-refractivity contribution < 1.29 is 18.3 Å². The highest BCUT2D eigenvalue weighted by atomic mass is 79.9. The van der Waals surface area contributed by atoms with Crippen LogP contribution in [0, 0.1) is 0 Å². The second kappa shape index (κ2) is 5.85. The van der Waals surface area contributed by atoms with Gasteiger partial charge in [0.2, 0.25) is 10.0 Å². The van der Waals surface area contributed by atoms with Crippen molar-refractivity contribution in [1.82, 2.24) is 4.31 Å². The summed E-state index contributed by atoms with van der Waals surface area (Å²) in [6.45, 7) is 0.659. The molecule has 0 spiro atoms. The van der Waals surface area contributed by atoms with Crippen LogP contribution in [0.5, 0.6) is 0 Å². The smallest absolute Gasteiger partial charge is 0.337 e. The number of carboxylic acid groups (broad SMARTS) is 1. The van der Waals surface area contributed by atoms with Crippen LogP contribution in [0.1, 0.15) is 16.8 Å². The predicted octanol–water partition coefficient (Wildman–Crippen LogP) is 2.75. The van der Waals surface area contributed by atoms with Gasteiger partial charge in [0.1, 0.15) is 0 Å². The Morgan fingerprint density at radius 1 is 1.35 bits per heavy atom. The summed E-state index contributed by atoms with van der Waals surface area (Å²) in [5.74, 6) is -1.27. The van der Waals surface area contributed by atoms with Crippen LogP contribution in [-0.4, -0.2) is 36.9 Å². The molecule has 0 amide bonds. The minimum atomic E-state index is -3.73. The Morgan fingerprint density at radius 2 is 2.05 bits per heavy atom. The number of hydrogen-bond acceptors (Lipinski definition) is 3. The number of halogens is 2. The van der Waals surface area contributed by atoms with Crippen LogP contribution in [-0.2, 0) is 10.0 Å². The molecule has 0 radical (unpaired) electrons. The summed E-state index contributed by atoms with van der Waals surface area (Å²) >= 11 is 8.94. The molecule has 2 rings (SSSR count). The molecule has 108 valence electrons. The van der Waals surface area contributed by atoms with Crippen LogP contribution in [0.15, 0.2) is 33.7 Å². The van der Waals surface area contributed by atoms with E-state index in [-0.39, 0.29) is 26.5 Å². The van der Waals surface area contributed by atoms with Crippen LogP contribution >= 0.6 is 27.5 Å². The molecule has 0 atom stereocenters. The van der Waals surface area contributed by atoms with Crippen molar-refractivity contribution in [2.45, 2.75) is 11.3 Å². The van der Waals surface area contributed by atoms with E-state index < -0.39 is 16.0 Å². The Balaban J connectivity index is 2.52. The van der Waals surface area contributed by atoms with Crippen molar-refractivity contribution in [2.75, 3.05) is 13.1 Å². The largest absolute Gasteiger partial charge is 0.478 e. The summed E-state index contributed by atoms with van der Waals surface area (Å²) in [4.78, 5) is 11.0. The van der Waals surface area contributed by atoms with Crippen LogP contribution < -0.4 is 0 Å². The van der Waals surface area contributed by atoms with Gasteiger partial charge in [-0.15, -0.1) is 0 Å². The van der Waals surface area contributed by atoms with E-state index in [1.54, 1.807) is 6.08 Å². The molecule has 0 saturated heterocycles. The molecule has 0 aromatic heterocycles. The van der Waals surface area contributed by atoms with Gasteiger partial charge in [0.25, 0.3) is 0 Å². The first-order valence-electron chi connectivity index (χ1n) is 5.71. The van der Waals surface area contributed by atoms with Crippen molar-refractivity contribution in [3.8, 4) is 0 Å². The Morgan fingerprint density at radius 3 is 2.60 bits per heavy atom. The van der Waals surface area contributed by atoms with Crippen LogP contribution in [0.25, 0.3) is 0 Å². The zero-order valence-corrected chi connectivity index (χ0v) is 13.4. The van der Waals surface area contributed by atoms with Gasteiger partial charge in [-0.25, -0.2) is 13.2 Å². The lowest BCUT2D eigenvalue weighted by Crippen LogP contribution is -2.33. The van der Waals surface area contributed by atoms with Gasteiger partial charge in [-0.1, -0.05) is 23.8 Å². The third kappa shape index (κ3) is 2.90. The number of nitrogens with zero attached hydrogens (tertiary/aromatic N) is 1. The van der Waals surface area contributed by atoms with Crippen molar-refractivity contribution in [1.29, 1.82) is 0 Å². The summed E-state index contributed by atoms with van der Waals surface area (Å²) < 4.78 is 26.5. The van der Waals surface area contributed by atoms with Crippen molar-refractivity contribution in [3.05, 3.63) is 39.3 Å². The second-order valence-corrected chi connectivity index (χ2v) is 7.37. The summed E-state index contributed by atoms with van der Waals surface area (Å²) in [7, 11) is -3.73. The molecular formula is C12H11BrClNO4S. The Kier molecular flexibility index (Phi) is 4.53. The monoisotopic (exact) mass is 379 g/mol. The van der Waals surface area contributed by atoms with Gasteiger partial charge >= 0.3 is 5.97 Å². The predicted molar refractivity (Wildman–Crippen MR) is 78.6 cm³/mol. The summed E-state index contributed by atoms with van der Waals surface area (Å²) in [5, 5.41) is 9.05. The van der Waals surface area contributed by atoms with E-state index in [4.69, 9.17) is 16.7 Å². The minimum absolute atomic E-state index is 0.0185. The fraction of sp³-hybridized carbons (Fsp3) is 0.250. The van der Waals surface area contributed by atoms with Gasteiger partial charge < -0.3 is 5.11 Å². The summed E-state index contributed by atoms with van der Waals surface area (Å²) in [6, 6.07) is 2.41. The average Bonchev–Trinajstić information content (AvgIpc) is 2.42. The van der Waals surface area contributed by atoms with Crippen LogP contribution in [0.2, 0.25) is 5.02 Å². The molecule has 0 aliphatic carbocycles. The number of aromatic carboxylic acids is 1. The van der Waals surface area contributed by atoms with Gasteiger partial charge in [-0.2, -0.15) is 4.31 Å². The van der Waals surface area contributed by atoms with Crippen molar-refractivity contribution >= 4 is 43.5 Å². The standard InChI is InChI=1S/C12H11BrClNO4S/c13-10-7-8(6-9(11(10)14)12(16)17)20(18,19)15-4-2-1-3-5-15/h1-2,6-7H,3-5H2,(H,16,17). The van der Waals surface area contributed by atoms with E-state index in [1.165, 1.54) is 10.4 Å². The molecule has 1 N–H and O–H groups in total. The molecule has 20 heavy (non-hydrogen) atoms. The maximum Gasteiger partial charge on any atom is 0.337 e. The molecule has 1 aliphatic heterocycles. The van der Waals surface area contributed by atoms with Crippen LogP contribution in [0.3, 0.4) is 0 Å². The lowest BCUT2D eigenvalue weighted by molar-refractivity contribution is 0.0696. The molecule has 0 saturated carbocycles. The molecule has 0 fully saturated rings. The Labute approximate surface area is 130 Å². The van der Waals surface area contributed by atoms with Gasteiger partial charge in [0.05, 0.1) is 15.5 Å². The highest BCUT2D eigenvalue weighted by Crippen LogP contribution is 2.31. The Bertz CT molecular complexity index is 687. The maximum absolute atomic E-state index is 12.5. The Hall–Kier alpha value is -0.890. The van der Waals surface area contributed by atoms with Gasteiger partial charge in [-0.05, 0) is 34.5 Å². The van der Waals surface area contributed by atoms with Gasteiger partial charge in [0.15, 0.2) is 0 Å². The summed E-state index contributed by atoms with van der Waals surface area (Å²) in [5.41, 5.74) is -0.243. The molecule has 0 unspecified atom stereocenters. The lowest BCUT2D eigenvalue weighted by Gasteiger charge is -2.23. The topological polar surface area (TPSA) is 74.7 Å². The lowest BCUT2D eigenvalue weighted by atomic mass is 10.2. The molecular weight excluding hydrogens is 370 g/mol. The maximum atomic E-state index is 12.5. The normalized spacial score (nSPS) is 16.3. The fourth-order valence-electron chi connectivity index (χ4n) is 1.86. The number of hydrogen-bond donors (Lipinski definition) is 1. The highest BCUT2D eigenvalue weighted by molar-refractivity contribution is 9.10. The van der Waals surface area contributed by atoms with E-state index in [2.05, 4.69) is 15.9 Å². The van der Waals surface area contributed by atoms with E-state index >= 15 is 0 Å². The second-order valence-electron chi connectivity index (χ2n) is 4.19. The number of carboxylic acids is 1. The molecule has 1 aromatic carbocycles. The zero-order chi connectivity index (χ0) is 14.9. The first-order valence-corrected chi connectivity index (χ1v) is 8.32.